The van der Waals surface area contributed by atoms with Gasteiger partial charge in [-0.3, -0.25) is 0 Å². The van der Waals surface area contributed by atoms with E-state index in [9.17, 15) is 13.9 Å². The van der Waals surface area contributed by atoms with Gasteiger partial charge >= 0.3 is 0 Å². The Bertz CT molecular complexity index is 556. The molecule has 90 valence electrons. The number of halogens is 4. The Morgan fingerprint density at radius 2 is 1.88 bits per heavy atom. The maximum atomic E-state index is 13.4. The summed E-state index contributed by atoms with van der Waals surface area (Å²) in [5.74, 6) is -1.94. The molecule has 1 aromatic heterocycles. The van der Waals surface area contributed by atoms with Crippen molar-refractivity contribution in [1.82, 2.24) is 0 Å². The van der Waals surface area contributed by atoms with Gasteiger partial charge in [-0.15, -0.1) is 11.3 Å². The van der Waals surface area contributed by atoms with E-state index < -0.39 is 17.7 Å². The van der Waals surface area contributed by atoms with E-state index in [1.165, 1.54) is 17.4 Å². The van der Waals surface area contributed by atoms with Gasteiger partial charge in [0.25, 0.3) is 0 Å². The lowest BCUT2D eigenvalue weighted by atomic mass is 10.1. The minimum absolute atomic E-state index is 0.0506. The predicted molar refractivity (Wildman–Crippen MR) is 70.1 cm³/mol. The zero-order chi connectivity index (χ0) is 12.6. The Balaban J connectivity index is 2.48. The van der Waals surface area contributed by atoms with Crippen LogP contribution in [0.25, 0.3) is 0 Å². The first-order valence-corrected chi connectivity index (χ1v) is 7.03. The lowest BCUT2D eigenvalue weighted by molar-refractivity contribution is 0.221. The third-order valence-electron chi connectivity index (χ3n) is 2.25. The van der Waals surface area contributed by atoms with Crippen LogP contribution in [0.5, 0.6) is 0 Å². The van der Waals surface area contributed by atoms with Gasteiger partial charge in [0.1, 0.15) is 6.10 Å². The number of hydrogen-bond acceptors (Lipinski definition) is 2. The van der Waals surface area contributed by atoms with Crippen molar-refractivity contribution in [3.8, 4) is 0 Å². The van der Waals surface area contributed by atoms with Gasteiger partial charge in [-0.1, -0.05) is 6.07 Å². The van der Waals surface area contributed by atoms with Crippen LogP contribution in [0.2, 0.25) is 0 Å². The number of hydrogen-bond donors (Lipinski definition) is 1. The van der Waals surface area contributed by atoms with Gasteiger partial charge in [0.05, 0.1) is 9.35 Å². The minimum atomic E-state index is -0.992. The number of rotatable bonds is 2. The minimum Gasteiger partial charge on any atom is -0.383 e. The van der Waals surface area contributed by atoms with Gasteiger partial charge < -0.3 is 5.11 Å². The molecule has 2 aromatic rings. The third kappa shape index (κ3) is 2.45. The van der Waals surface area contributed by atoms with Crippen molar-refractivity contribution >= 4 is 43.2 Å². The smallest absolute Gasteiger partial charge is 0.173 e. The van der Waals surface area contributed by atoms with Crippen molar-refractivity contribution in [3.05, 3.63) is 54.6 Å². The van der Waals surface area contributed by atoms with Crippen LogP contribution in [0.1, 0.15) is 16.5 Å². The van der Waals surface area contributed by atoms with Gasteiger partial charge in [-0.05, 0) is 49.4 Å². The highest BCUT2D eigenvalue weighted by molar-refractivity contribution is 9.10. The molecule has 17 heavy (non-hydrogen) atoms. The van der Waals surface area contributed by atoms with Crippen molar-refractivity contribution < 1.29 is 13.9 Å². The molecule has 2 rings (SSSR count). The number of thiophene rings is 1. The zero-order valence-electron chi connectivity index (χ0n) is 8.25. The van der Waals surface area contributed by atoms with Crippen LogP contribution in [-0.2, 0) is 0 Å². The second-order valence-corrected chi connectivity index (χ2v) is 5.89. The van der Waals surface area contributed by atoms with E-state index in [0.29, 0.717) is 10.4 Å². The van der Waals surface area contributed by atoms with E-state index in [2.05, 4.69) is 31.9 Å². The summed E-state index contributed by atoms with van der Waals surface area (Å²) in [6, 6.07) is 4.15. The van der Waals surface area contributed by atoms with Crippen LogP contribution in [-0.4, -0.2) is 5.11 Å². The normalized spacial score (nSPS) is 12.8. The molecule has 1 aromatic carbocycles. The molecule has 0 amide bonds. The topological polar surface area (TPSA) is 20.2 Å². The monoisotopic (exact) mass is 382 g/mol. The molecule has 0 aliphatic heterocycles. The van der Waals surface area contributed by atoms with Crippen LogP contribution in [0.4, 0.5) is 8.78 Å². The Kier molecular flexibility index (Phi) is 3.97. The van der Waals surface area contributed by atoms with E-state index in [1.54, 1.807) is 11.4 Å². The maximum absolute atomic E-state index is 13.4. The van der Waals surface area contributed by atoms with E-state index >= 15 is 0 Å². The first-order valence-electron chi connectivity index (χ1n) is 4.56. The van der Waals surface area contributed by atoms with E-state index in [0.717, 1.165) is 10.5 Å². The fourth-order valence-electron chi connectivity index (χ4n) is 1.39. The van der Waals surface area contributed by atoms with Gasteiger partial charge in [-0.2, -0.15) is 0 Å². The van der Waals surface area contributed by atoms with E-state index in [4.69, 9.17) is 0 Å². The highest BCUT2D eigenvalue weighted by Crippen LogP contribution is 2.37. The molecule has 1 N–H and O–H groups in total. The summed E-state index contributed by atoms with van der Waals surface area (Å²) in [6.07, 6.45) is -0.992. The van der Waals surface area contributed by atoms with Crippen LogP contribution in [0, 0.1) is 11.6 Å². The van der Waals surface area contributed by atoms with Crippen LogP contribution in [0.15, 0.2) is 32.5 Å². The Hall–Kier alpha value is -0.300. The van der Waals surface area contributed by atoms with Crippen LogP contribution < -0.4 is 0 Å². The third-order valence-corrected chi connectivity index (χ3v) is 4.98. The Labute approximate surface area is 117 Å². The predicted octanol–water partition coefficient (Wildman–Crippen LogP) is 4.63. The summed E-state index contributed by atoms with van der Waals surface area (Å²) in [4.78, 5) is 0.650. The quantitative estimate of drug-likeness (QED) is 0.749. The summed E-state index contributed by atoms with van der Waals surface area (Å²) >= 11 is 7.58. The standard InChI is InChI=1S/C11H6Br2F2OS/c12-6-3-4-17-11(6)10(16)5-1-2-7(14)9(15)8(5)13/h1-4,10,16H. The first-order chi connectivity index (χ1) is 8.02. The maximum Gasteiger partial charge on any atom is 0.173 e. The van der Waals surface area contributed by atoms with Gasteiger partial charge in [0, 0.05) is 10.0 Å². The number of aliphatic hydroxyl groups is 1. The molecule has 0 spiro atoms. The molecule has 0 aliphatic rings. The van der Waals surface area contributed by atoms with E-state index in [-0.39, 0.29) is 4.47 Å². The molecular formula is C11H6Br2F2OS. The summed E-state index contributed by atoms with van der Waals surface area (Å²) in [6.45, 7) is 0. The van der Waals surface area contributed by atoms with Crippen LogP contribution in [0.3, 0.4) is 0 Å². The first kappa shape index (κ1) is 13.1. The molecule has 6 heteroatoms. The molecule has 1 heterocycles. The Morgan fingerprint density at radius 1 is 1.18 bits per heavy atom. The van der Waals surface area contributed by atoms with Gasteiger partial charge in [0.2, 0.25) is 0 Å². The highest BCUT2D eigenvalue weighted by Gasteiger charge is 2.21. The molecule has 0 aliphatic carbocycles. The largest absolute Gasteiger partial charge is 0.383 e. The highest BCUT2D eigenvalue weighted by atomic mass is 79.9. The molecule has 1 nitrogen and oxygen atoms in total. The summed E-state index contributed by atoms with van der Waals surface area (Å²) < 4.78 is 27.0. The molecule has 0 bridgehead atoms. The lowest BCUT2D eigenvalue weighted by Gasteiger charge is -2.12. The van der Waals surface area contributed by atoms with Crippen molar-refractivity contribution in [2.75, 3.05) is 0 Å². The second kappa shape index (κ2) is 5.14. The average Bonchev–Trinajstić information content (AvgIpc) is 2.72. The summed E-state index contributed by atoms with van der Waals surface area (Å²) in [5.41, 5.74) is 0.298. The van der Waals surface area contributed by atoms with Gasteiger partial charge in [0.15, 0.2) is 11.6 Å². The summed E-state index contributed by atoms with van der Waals surface area (Å²) in [7, 11) is 0. The summed E-state index contributed by atoms with van der Waals surface area (Å²) in [5, 5.41) is 11.9. The van der Waals surface area contributed by atoms with E-state index in [1.807, 2.05) is 0 Å². The second-order valence-electron chi connectivity index (χ2n) is 3.30. The molecule has 1 unspecified atom stereocenters. The molecule has 0 fully saturated rings. The van der Waals surface area contributed by atoms with Crippen molar-refractivity contribution in [2.24, 2.45) is 0 Å². The van der Waals surface area contributed by atoms with Crippen molar-refractivity contribution in [1.29, 1.82) is 0 Å². The molecule has 0 saturated carbocycles. The zero-order valence-corrected chi connectivity index (χ0v) is 12.2. The Morgan fingerprint density at radius 3 is 2.47 bits per heavy atom. The molecule has 1 atom stereocenters. The number of aliphatic hydroxyl groups excluding tert-OH is 1. The van der Waals surface area contributed by atoms with Crippen molar-refractivity contribution in [2.45, 2.75) is 6.10 Å². The fraction of sp³-hybridized carbons (Fsp3) is 0.0909. The van der Waals surface area contributed by atoms with Crippen LogP contribution >= 0.6 is 43.2 Å². The molecular weight excluding hydrogens is 378 g/mol. The average molecular weight is 384 g/mol. The van der Waals surface area contributed by atoms with Gasteiger partial charge in [-0.25, -0.2) is 8.78 Å². The molecule has 0 radical (unpaired) electrons. The van der Waals surface area contributed by atoms with Crippen molar-refractivity contribution in [3.63, 3.8) is 0 Å². The lowest BCUT2D eigenvalue weighted by Crippen LogP contribution is -2.01. The molecule has 0 saturated heterocycles. The number of benzene rings is 1. The fourth-order valence-corrected chi connectivity index (χ4v) is 3.52. The SMILES string of the molecule is OC(c1ccc(F)c(F)c1Br)c1sccc1Br.